The van der Waals surface area contributed by atoms with Gasteiger partial charge in [0.15, 0.2) is 0 Å². The highest BCUT2D eigenvalue weighted by atomic mass is 32.1. The third-order valence-corrected chi connectivity index (χ3v) is 6.39. The van der Waals surface area contributed by atoms with Gasteiger partial charge in [0.2, 0.25) is 5.91 Å². The molecule has 0 spiro atoms. The van der Waals surface area contributed by atoms with Gasteiger partial charge in [-0.1, -0.05) is 30.3 Å². The standard InChI is InChI=1S/C25H17F3N2O2S/c26-25(27,28)32-19-6-3-4-15(8-19)9-24(31)30-18-10-17-13-29-14-21(17)20(12-18)23-11-16-5-1-2-7-22(16)33-23/h1-8,10-13H,9,14H2,(H,30,31). The number of rotatable bonds is 5. The van der Waals surface area contributed by atoms with Crippen molar-refractivity contribution in [2.24, 2.45) is 4.99 Å². The third kappa shape index (κ3) is 4.75. The topological polar surface area (TPSA) is 50.7 Å². The number of aliphatic imine (C=N–C) groups is 1. The fraction of sp³-hybridized carbons (Fsp3) is 0.120. The normalized spacial score (nSPS) is 12.7. The quantitative estimate of drug-likeness (QED) is 0.361. The number of thiophene rings is 1. The second kappa shape index (κ2) is 8.37. The van der Waals surface area contributed by atoms with Gasteiger partial charge < -0.3 is 10.1 Å². The zero-order valence-corrected chi connectivity index (χ0v) is 18.0. The van der Waals surface area contributed by atoms with Gasteiger partial charge >= 0.3 is 6.36 Å². The van der Waals surface area contributed by atoms with Gasteiger partial charge in [0.1, 0.15) is 5.75 Å². The van der Waals surface area contributed by atoms with Crippen LogP contribution in [0.3, 0.4) is 0 Å². The van der Waals surface area contributed by atoms with Crippen LogP contribution in [0, 0.1) is 0 Å². The molecule has 166 valence electrons. The number of fused-ring (bicyclic) bond motifs is 2. The van der Waals surface area contributed by atoms with Gasteiger partial charge in [-0.25, -0.2) is 0 Å². The van der Waals surface area contributed by atoms with Crippen LogP contribution >= 0.6 is 11.3 Å². The predicted molar refractivity (Wildman–Crippen MR) is 124 cm³/mol. The number of amides is 1. The molecule has 0 fully saturated rings. The molecule has 2 heterocycles. The van der Waals surface area contributed by atoms with Gasteiger partial charge in [0.05, 0.1) is 13.0 Å². The lowest BCUT2D eigenvalue weighted by molar-refractivity contribution is -0.274. The number of benzene rings is 3. The molecule has 4 nitrogen and oxygen atoms in total. The summed E-state index contributed by atoms with van der Waals surface area (Å²) in [6, 6.07) is 19.5. The summed E-state index contributed by atoms with van der Waals surface area (Å²) in [5, 5.41) is 4.03. The fourth-order valence-electron chi connectivity index (χ4n) is 3.87. The molecule has 1 aliphatic heterocycles. The molecule has 1 N–H and O–H groups in total. The van der Waals surface area contributed by atoms with E-state index in [-0.39, 0.29) is 18.1 Å². The van der Waals surface area contributed by atoms with Crippen LogP contribution in [0.4, 0.5) is 18.9 Å². The monoisotopic (exact) mass is 466 g/mol. The van der Waals surface area contributed by atoms with Crippen molar-refractivity contribution in [3.63, 3.8) is 0 Å². The first kappa shape index (κ1) is 21.2. The summed E-state index contributed by atoms with van der Waals surface area (Å²) in [4.78, 5) is 18.1. The minimum Gasteiger partial charge on any atom is -0.406 e. The Bertz CT molecular complexity index is 1360. The average molecular weight is 466 g/mol. The highest BCUT2D eigenvalue weighted by Crippen LogP contribution is 2.39. The molecule has 1 amide bonds. The van der Waals surface area contributed by atoms with E-state index in [2.05, 4.69) is 33.2 Å². The van der Waals surface area contributed by atoms with Crippen LogP contribution in [0.25, 0.3) is 20.5 Å². The van der Waals surface area contributed by atoms with Crippen LogP contribution < -0.4 is 10.1 Å². The van der Waals surface area contributed by atoms with E-state index < -0.39 is 6.36 Å². The summed E-state index contributed by atoms with van der Waals surface area (Å²) in [6.07, 6.45) is -3.08. The molecule has 1 aromatic heterocycles. The summed E-state index contributed by atoms with van der Waals surface area (Å²) in [6.45, 7) is 0.582. The number of carbonyl (C=O) groups is 1. The van der Waals surface area contributed by atoms with Crippen LogP contribution in [0.1, 0.15) is 16.7 Å². The highest BCUT2D eigenvalue weighted by molar-refractivity contribution is 7.22. The maximum atomic E-state index is 12.7. The first-order chi connectivity index (χ1) is 15.8. The summed E-state index contributed by atoms with van der Waals surface area (Å²) in [7, 11) is 0. The Hall–Kier alpha value is -3.65. The molecular weight excluding hydrogens is 449 g/mol. The van der Waals surface area contributed by atoms with Crippen molar-refractivity contribution in [3.8, 4) is 16.2 Å². The lowest BCUT2D eigenvalue weighted by Gasteiger charge is -2.12. The Labute approximate surface area is 191 Å². The van der Waals surface area contributed by atoms with E-state index in [1.54, 1.807) is 23.6 Å². The van der Waals surface area contributed by atoms with E-state index in [0.29, 0.717) is 17.8 Å². The van der Waals surface area contributed by atoms with Crippen LogP contribution in [-0.4, -0.2) is 18.5 Å². The van der Waals surface area contributed by atoms with E-state index in [9.17, 15) is 18.0 Å². The number of halogens is 3. The Morgan fingerprint density at radius 2 is 1.91 bits per heavy atom. The average Bonchev–Trinajstić information content (AvgIpc) is 3.39. The Morgan fingerprint density at radius 3 is 2.73 bits per heavy atom. The van der Waals surface area contributed by atoms with Gasteiger partial charge in [-0.05, 0) is 58.5 Å². The molecule has 5 rings (SSSR count). The molecule has 0 unspecified atom stereocenters. The maximum Gasteiger partial charge on any atom is 0.573 e. The summed E-state index contributed by atoms with van der Waals surface area (Å²) >= 11 is 1.68. The summed E-state index contributed by atoms with van der Waals surface area (Å²) < 4.78 is 42.5. The smallest absolute Gasteiger partial charge is 0.406 e. The molecule has 0 saturated heterocycles. The molecule has 4 aromatic rings. The van der Waals surface area contributed by atoms with E-state index in [0.717, 1.165) is 27.0 Å². The van der Waals surface area contributed by atoms with Crippen LogP contribution in [0.15, 0.2) is 71.7 Å². The Morgan fingerprint density at radius 1 is 1.06 bits per heavy atom. The van der Waals surface area contributed by atoms with Crippen LogP contribution in [0.5, 0.6) is 5.75 Å². The number of anilines is 1. The summed E-state index contributed by atoms with van der Waals surface area (Å²) in [5.74, 6) is -0.690. The van der Waals surface area contributed by atoms with Crippen LogP contribution in [-0.2, 0) is 17.8 Å². The lowest BCUT2D eigenvalue weighted by atomic mass is 10.00. The number of carbonyl (C=O) groups excluding carboxylic acids is 1. The number of ether oxygens (including phenoxy) is 1. The number of nitrogens with zero attached hydrogens (tertiary/aromatic N) is 1. The zero-order valence-electron chi connectivity index (χ0n) is 17.1. The molecule has 8 heteroatoms. The molecule has 0 bridgehead atoms. The first-order valence-electron chi connectivity index (χ1n) is 10.1. The van der Waals surface area contributed by atoms with E-state index in [4.69, 9.17) is 0 Å². The minimum absolute atomic E-state index is 0.0849. The van der Waals surface area contributed by atoms with Gasteiger partial charge in [0.25, 0.3) is 0 Å². The van der Waals surface area contributed by atoms with Crippen molar-refractivity contribution in [1.82, 2.24) is 0 Å². The van der Waals surface area contributed by atoms with Crippen molar-refractivity contribution < 1.29 is 22.7 Å². The molecule has 0 aliphatic carbocycles. The van der Waals surface area contributed by atoms with E-state index in [1.807, 2.05) is 24.3 Å². The van der Waals surface area contributed by atoms with Crippen molar-refractivity contribution in [1.29, 1.82) is 0 Å². The highest BCUT2D eigenvalue weighted by Gasteiger charge is 2.31. The number of nitrogens with one attached hydrogen (secondary N) is 1. The van der Waals surface area contributed by atoms with Gasteiger partial charge in [-0.3, -0.25) is 9.79 Å². The summed E-state index contributed by atoms with van der Waals surface area (Å²) in [5.41, 5.74) is 4.10. The van der Waals surface area contributed by atoms with Crippen molar-refractivity contribution in [2.45, 2.75) is 19.3 Å². The zero-order chi connectivity index (χ0) is 23.0. The number of hydrogen-bond donors (Lipinski definition) is 1. The second-order valence-corrected chi connectivity index (χ2v) is 8.71. The third-order valence-electron chi connectivity index (χ3n) is 5.24. The van der Waals surface area contributed by atoms with Crippen molar-refractivity contribution in [2.75, 3.05) is 5.32 Å². The molecule has 33 heavy (non-hydrogen) atoms. The Balaban J connectivity index is 1.39. The first-order valence-corrected chi connectivity index (χ1v) is 11.0. The largest absolute Gasteiger partial charge is 0.573 e. The lowest BCUT2D eigenvalue weighted by Crippen LogP contribution is -2.18. The Kier molecular flexibility index (Phi) is 5.38. The number of hydrogen-bond acceptors (Lipinski definition) is 4. The molecule has 1 aliphatic rings. The molecule has 0 atom stereocenters. The second-order valence-electron chi connectivity index (χ2n) is 7.63. The van der Waals surface area contributed by atoms with Crippen molar-refractivity contribution >= 4 is 39.2 Å². The van der Waals surface area contributed by atoms with E-state index >= 15 is 0 Å². The van der Waals surface area contributed by atoms with E-state index in [1.165, 1.54) is 22.9 Å². The van der Waals surface area contributed by atoms with Gasteiger partial charge in [0, 0.05) is 27.0 Å². The van der Waals surface area contributed by atoms with Crippen molar-refractivity contribution in [3.05, 3.63) is 83.4 Å². The number of alkyl halides is 3. The predicted octanol–water partition coefficient (Wildman–Crippen LogP) is 6.58. The fourth-order valence-corrected chi connectivity index (χ4v) is 4.98. The SMILES string of the molecule is O=C(Cc1cccc(OC(F)(F)F)c1)Nc1cc2c(c(-c3cc4ccccc4s3)c1)CN=C2. The maximum absolute atomic E-state index is 12.7. The van der Waals surface area contributed by atoms with Gasteiger partial charge in [-0.2, -0.15) is 0 Å². The van der Waals surface area contributed by atoms with Gasteiger partial charge in [-0.15, -0.1) is 24.5 Å². The molecule has 0 radical (unpaired) electrons. The minimum atomic E-state index is -4.78. The van der Waals surface area contributed by atoms with Crippen LogP contribution in [0.2, 0.25) is 0 Å². The molecule has 3 aromatic carbocycles. The molecular formula is C25H17F3N2O2S. The molecule has 0 saturated carbocycles.